The van der Waals surface area contributed by atoms with Crippen LogP contribution in [0.5, 0.6) is 5.88 Å². The lowest BCUT2D eigenvalue weighted by Crippen LogP contribution is -2.37. The van der Waals surface area contributed by atoms with Crippen LogP contribution in [-0.4, -0.2) is 35.1 Å². The molecule has 1 aromatic heterocycles. The standard InChI is InChI=1S/C18H23ClN6O/c1-11-8-13(5-6-15(11)19)23-17(20)25-18-22-12(2)9-16(24-18)26-14-4-3-7-21-10-14/h5-6,8-9,14,21H,3-4,7,10H2,1-2H3,(H3,20,22,23,24,25). The Morgan fingerprint density at radius 1 is 1.35 bits per heavy atom. The van der Waals surface area contributed by atoms with Crippen molar-refractivity contribution in [1.29, 1.82) is 0 Å². The number of hydrogen-bond acceptors (Lipinski definition) is 5. The first-order valence-electron chi connectivity index (χ1n) is 8.60. The van der Waals surface area contributed by atoms with Gasteiger partial charge in [0.05, 0.1) is 0 Å². The van der Waals surface area contributed by atoms with Crippen LogP contribution in [0.1, 0.15) is 24.1 Å². The van der Waals surface area contributed by atoms with Gasteiger partial charge in [-0.25, -0.2) is 4.98 Å². The summed E-state index contributed by atoms with van der Waals surface area (Å²) in [4.78, 5) is 12.9. The van der Waals surface area contributed by atoms with E-state index in [0.29, 0.717) is 10.9 Å². The second-order valence-corrected chi connectivity index (χ2v) is 6.73. The largest absolute Gasteiger partial charge is 0.473 e. The van der Waals surface area contributed by atoms with E-state index < -0.39 is 0 Å². The van der Waals surface area contributed by atoms with Gasteiger partial charge in [0, 0.05) is 29.0 Å². The van der Waals surface area contributed by atoms with Gasteiger partial charge in [-0.1, -0.05) is 11.6 Å². The number of rotatable bonds is 4. The number of ether oxygens (including phenoxy) is 1. The van der Waals surface area contributed by atoms with E-state index >= 15 is 0 Å². The van der Waals surface area contributed by atoms with Crippen LogP contribution < -0.4 is 21.1 Å². The predicted octanol–water partition coefficient (Wildman–Crippen LogP) is 2.94. The number of nitrogens with two attached hydrogens (primary N) is 1. The molecular formula is C18H23ClN6O. The van der Waals surface area contributed by atoms with Gasteiger partial charge in [0.1, 0.15) is 6.10 Å². The van der Waals surface area contributed by atoms with Gasteiger partial charge in [-0.2, -0.15) is 9.98 Å². The summed E-state index contributed by atoms with van der Waals surface area (Å²) in [6.07, 6.45) is 2.22. The first-order valence-corrected chi connectivity index (χ1v) is 8.98. The van der Waals surface area contributed by atoms with Crippen molar-refractivity contribution < 1.29 is 4.74 Å². The minimum absolute atomic E-state index is 0.113. The van der Waals surface area contributed by atoms with Crippen LogP contribution in [0.25, 0.3) is 0 Å². The van der Waals surface area contributed by atoms with Gasteiger partial charge in [-0.15, -0.1) is 0 Å². The number of benzene rings is 1. The van der Waals surface area contributed by atoms with Gasteiger partial charge in [0.15, 0.2) is 0 Å². The maximum atomic E-state index is 6.03. The summed E-state index contributed by atoms with van der Waals surface area (Å²) in [5.41, 5.74) is 8.51. The number of aliphatic imine (C=N–C) groups is 1. The zero-order valence-corrected chi connectivity index (χ0v) is 15.7. The van der Waals surface area contributed by atoms with Crippen molar-refractivity contribution in [1.82, 2.24) is 15.3 Å². The summed E-state index contributed by atoms with van der Waals surface area (Å²) in [6.45, 7) is 5.65. The molecule has 2 heterocycles. The van der Waals surface area contributed by atoms with Gasteiger partial charge in [-0.05, 0) is 57.0 Å². The third kappa shape index (κ3) is 5.06. The SMILES string of the molecule is Cc1cc(OC2CCCNC2)nc(N=C(N)Nc2ccc(Cl)c(C)c2)n1. The molecule has 7 nitrogen and oxygen atoms in total. The molecular weight excluding hydrogens is 352 g/mol. The second-order valence-electron chi connectivity index (χ2n) is 6.32. The molecule has 0 saturated carbocycles. The third-order valence-electron chi connectivity index (χ3n) is 4.01. The molecule has 26 heavy (non-hydrogen) atoms. The van der Waals surface area contributed by atoms with Crippen LogP contribution in [0.3, 0.4) is 0 Å². The maximum absolute atomic E-state index is 6.03. The highest BCUT2D eigenvalue weighted by molar-refractivity contribution is 6.31. The molecule has 2 aromatic rings. The molecule has 0 aliphatic carbocycles. The Kier molecular flexibility index (Phi) is 5.90. The van der Waals surface area contributed by atoms with Crippen LogP contribution >= 0.6 is 11.6 Å². The minimum Gasteiger partial charge on any atom is -0.473 e. The fourth-order valence-electron chi connectivity index (χ4n) is 2.73. The minimum atomic E-state index is 0.113. The number of aromatic nitrogens is 2. The number of halogens is 1. The molecule has 1 fully saturated rings. The topological polar surface area (TPSA) is 97.5 Å². The summed E-state index contributed by atoms with van der Waals surface area (Å²) in [7, 11) is 0. The number of nitrogens with one attached hydrogen (secondary N) is 2. The molecule has 3 rings (SSSR count). The smallest absolute Gasteiger partial charge is 0.256 e. The quantitative estimate of drug-likeness (QED) is 0.562. The van der Waals surface area contributed by atoms with Crippen LogP contribution in [-0.2, 0) is 0 Å². The summed E-state index contributed by atoms with van der Waals surface area (Å²) < 4.78 is 5.95. The number of anilines is 1. The molecule has 0 amide bonds. The average molecular weight is 375 g/mol. The van der Waals surface area contributed by atoms with Crippen molar-refractivity contribution >= 4 is 29.2 Å². The Morgan fingerprint density at radius 3 is 2.92 bits per heavy atom. The Bertz CT molecular complexity index is 804. The summed E-state index contributed by atoms with van der Waals surface area (Å²) in [5.74, 6) is 0.974. The average Bonchev–Trinajstić information content (AvgIpc) is 2.58. The highest BCUT2D eigenvalue weighted by Gasteiger charge is 2.15. The van der Waals surface area contributed by atoms with E-state index in [1.807, 2.05) is 26.0 Å². The van der Waals surface area contributed by atoms with Crippen molar-refractivity contribution in [2.45, 2.75) is 32.8 Å². The Morgan fingerprint density at radius 2 is 2.19 bits per heavy atom. The van der Waals surface area contributed by atoms with Gasteiger partial charge >= 0.3 is 0 Å². The highest BCUT2D eigenvalue weighted by atomic mass is 35.5. The van der Waals surface area contributed by atoms with Gasteiger partial charge < -0.3 is 21.1 Å². The van der Waals surface area contributed by atoms with Crippen LogP contribution in [0.15, 0.2) is 29.3 Å². The Labute approximate surface area is 158 Å². The number of hydrogen-bond donors (Lipinski definition) is 3. The number of piperidine rings is 1. The lowest BCUT2D eigenvalue weighted by Gasteiger charge is -2.23. The normalized spacial score (nSPS) is 17.8. The Hall–Kier alpha value is -2.38. The van der Waals surface area contributed by atoms with Gasteiger partial charge in [0.25, 0.3) is 5.95 Å². The van der Waals surface area contributed by atoms with E-state index in [9.17, 15) is 0 Å². The van der Waals surface area contributed by atoms with Gasteiger partial charge in [0.2, 0.25) is 11.8 Å². The Balaban J connectivity index is 1.72. The van der Waals surface area contributed by atoms with E-state index in [1.54, 1.807) is 12.1 Å². The molecule has 8 heteroatoms. The molecule has 0 spiro atoms. The van der Waals surface area contributed by atoms with E-state index in [2.05, 4.69) is 25.6 Å². The van der Waals surface area contributed by atoms with Crippen molar-refractivity contribution in [3.05, 3.63) is 40.5 Å². The lowest BCUT2D eigenvalue weighted by atomic mass is 10.1. The van der Waals surface area contributed by atoms with Crippen molar-refractivity contribution in [3.63, 3.8) is 0 Å². The summed E-state index contributed by atoms with van der Waals surface area (Å²) in [6, 6.07) is 7.34. The molecule has 1 aliphatic heterocycles. The van der Waals surface area contributed by atoms with Crippen LogP contribution in [0.2, 0.25) is 5.02 Å². The molecule has 4 N–H and O–H groups in total. The first-order chi connectivity index (χ1) is 12.5. The highest BCUT2D eigenvalue weighted by Crippen LogP contribution is 2.20. The second kappa shape index (κ2) is 8.33. The zero-order chi connectivity index (χ0) is 18.5. The van der Waals surface area contributed by atoms with Crippen molar-refractivity contribution in [3.8, 4) is 5.88 Å². The van der Waals surface area contributed by atoms with Crippen LogP contribution in [0, 0.1) is 13.8 Å². The van der Waals surface area contributed by atoms with Gasteiger partial charge in [-0.3, -0.25) is 0 Å². The number of guanidine groups is 1. The molecule has 1 saturated heterocycles. The summed E-state index contributed by atoms with van der Waals surface area (Å²) in [5, 5.41) is 7.03. The van der Waals surface area contributed by atoms with Crippen LogP contribution in [0.4, 0.5) is 11.6 Å². The first kappa shape index (κ1) is 18.4. The molecule has 1 aliphatic rings. The van der Waals surface area contributed by atoms with E-state index in [1.165, 1.54) is 0 Å². The number of aryl methyl sites for hydroxylation is 2. The van der Waals surface area contributed by atoms with E-state index in [0.717, 1.165) is 42.9 Å². The van der Waals surface area contributed by atoms with E-state index in [-0.39, 0.29) is 18.0 Å². The molecule has 1 atom stereocenters. The van der Waals surface area contributed by atoms with Crippen molar-refractivity contribution in [2.75, 3.05) is 18.4 Å². The number of nitrogens with zero attached hydrogens (tertiary/aromatic N) is 3. The molecule has 0 bridgehead atoms. The maximum Gasteiger partial charge on any atom is 0.256 e. The molecule has 138 valence electrons. The lowest BCUT2D eigenvalue weighted by molar-refractivity contribution is 0.160. The molecule has 1 aromatic carbocycles. The molecule has 0 radical (unpaired) electrons. The predicted molar refractivity (Wildman–Crippen MR) is 104 cm³/mol. The monoisotopic (exact) mass is 374 g/mol. The van der Waals surface area contributed by atoms with E-state index in [4.69, 9.17) is 22.1 Å². The zero-order valence-electron chi connectivity index (χ0n) is 14.9. The third-order valence-corrected chi connectivity index (χ3v) is 4.43. The molecule has 1 unspecified atom stereocenters. The fraction of sp³-hybridized carbons (Fsp3) is 0.389. The summed E-state index contributed by atoms with van der Waals surface area (Å²) >= 11 is 6.03. The fourth-order valence-corrected chi connectivity index (χ4v) is 2.85. The van der Waals surface area contributed by atoms with Crippen molar-refractivity contribution in [2.24, 2.45) is 10.7 Å².